The van der Waals surface area contributed by atoms with Crippen molar-refractivity contribution in [2.75, 3.05) is 33.3 Å². The van der Waals surface area contributed by atoms with E-state index in [1.165, 1.54) is 18.1 Å². The van der Waals surface area contributed by atoms with Crippen molar-refractivity contribution in [2.24, 2.45) is 0 Å². The summed E-state index contributed by atoms with van der Waals surface area (Å²) in [6.45, 7) is 14.3. The topological polar surface area (TPSA) is 57.7 Å². The van der Waals surface area contributed by atoms with Crippen molar-refractivity contribution < 1.29 is 9.53 Å². The first-order chi connectivity index (χ1) is 14.0. The van der Waals surface area contributed by atoms with Crippen LogP contribution in [0.15, 0.2) is 72.9 Å². The van der Waals surface area contributed by atoms with Gasteiger partial charge in [-0.15, -0.1) is 0 Å². The highest BCUT2D eigenvalue weighted by atomic mass is 16.5. The summed E-state index contributed by atoms with van der Waals surface area (Å²) < 4.78 is 4.66. The maximum Gasteiger partial charge on any atom is 0.337 e. The number of aromatic nitrogens is 1. The van der Waals surface area contributed by atoms with E-state index < -0.39 is 5.97 Å². The van der Waals surface area contributed by atoms with Gasteiger partial charge >= 0.3 is 5.97 Å². The van der Waals surface area contributed by atoms with Crippen LogP contribution in [-0.4, -0.2) is 54.0 Å². The monoisotopic (exact) mass is 392 g/mol. The summed E-state index contributed by atoms with van der Waals surface area (Å²) in [5.74, 6) is 0.386. The molecule has 3 rings (SSSR count). The summed E-state index contributed by atoms with van der Waals surface area (Å²) in [4.78, 5) is 20.7. The van der Waals surface area contributed by atoms with Crippen LogP contribution in [0.4, 0.5) is 0 Å². The van der Waals surface area contributed by atoms with Gasteiger partial charge in [0, 0.05) is 50.0 Å². The number of allylic oxidation sites excluding steroid dienone is 1. The lowest BCUT2D eigenvalue weighted by atomic mass is 10.1. The molecule has 1 aliphatic heterocycles. The molecule has 0 spiro atoms. The van der Waals surface area contributed by atoms with Crippen molar-refractivity contribution in [1.82, 2.24) is 20.1 Å². The van der Waals surface area contributed by atoms with Gasteiger partial charge in [-0.1, -0.05) is 31.4 Å². The van der Waals surface area contributed by atoms with Crippen LogP contribution in [0.3, 0.4) is 0 Å². The number of hydrogen-bond donors (Lipinski definition) is 1. The zero-order valence-corrected chi connectivity index (χ0v) is 17.1. The van der Waals surface area contributed by atoms with Gasteiger partial charge in [-0.05, 0) is 30.7 Å². The van der Waals surface area contributed by atoms with Crippen LogP contribution in [0.5, 0.6) is 0 Å². The fraction of sp³-hybridized carbons (Fsp3) is 0.304. The molecule has 0 aliphatic carbocycles. The minimum atomic E-state index is -0.437. The minimum absolute atomic E-state index is 0.305. The molecule has 2 heterocycles. The highest BCUT2D eigenvalue weighted by molar-refractivity contribution is 5.90. The molecule has 2 aromatic rings. The summed E-state index contributed by atoms with van der Waals surface area (Å²) in [6.07, 6.45) is 3.64. The van der Waals surface area contributed by atoms with Crippen LogP contribution in [0.2, 0.25) is 0 Å². The van der Waals surface area contributed by atoms with Crippen LogP contribution < -0.4 is 5.32 Å². The molecule has 6 nitrogen and oxygen atoms in total. The average molecular weight is 393 g/mol. The smallest absolute Gasteiger partial charge is 0.337 e. The van der Waals surface area contributed by atoms with E-state index in [4.69, 9.17) is 0 Å². The van der Waals surface area contributed by atoms with E-state index in [2.05, 4.69) is 50.1 Å². The molecular formula is C23H28N4O2. The molecule has 1 fully saturated rings. The first-order valence-corrected chi connectivity index (χ1v) is 9.68. The molecule has 0 amide bonds. The Morgan fingerprint density at radius 3 is 2.69 bits per heavy atom. The van der Waals surface area contributed by atoms with Crippen molar-refractivity contribution in [3.63, 3.8) is 0 Å². The molecule has 0 bridgehead atoms. The number of pyridine rings is 1. The molecule has 0 unspecified atom stereocenters. The normalized spacial score (nSPS) is 15.2. The second-order valence-electron chi connectivity index (χ2n) is 7.22. The molecule has 1 aromatic carbocycles. The van der Waals surface area contributed by atoms with Gasteiger partial charge < -0.3 is 15.0 Å². The predicted octanol–water partition coefficient (Wildman–Crippen LogP) is 3.05. The summed E-state index contributed by atoms with van der Waals surface area (Å²) >= 11 is 0. The number of fused-ring (bicyclic) bond motifs is 1. The van der Waals surface area contributed by atoms with E-state index in [0.717, 1.165) is 49.8 Å². The number of piperazine rings is 1. The van der Waals surface area contributed by atoms with Crippen LogP contribution in [0.25, 0.3) is 10.9 Å². The largest absolute Gasteiger partial charge is 0.465 e. The third-order valence-corrected chi connectivity index (χ3v) is 4.99. The van der Waals surface area contributed by atoms with Gasteiger partial charge in [0.15, 0.2) is 0 Å². The maximum atomic E-state index is 11.5. The van der Waals surface area contributed by atoms with Gasteiger partial charge in [0.2, 0.25) is 0 Å². The summed E-state index contributed by atoms with van der Waals surface area (Å²) in [5.41, 5.74) is 3.37. The number of nitrogens with one attached hydrogen (secondary N) is 1. The highest BCUT2D eigenvalue weighted by Gasteiger charge is 2.18. The van der Waals surface area contributed by atoms with Crippen molar-refractivity contribution in [3.05, 3.63) is 78.4 Å². The van der Waals surface area contributed by atoms with Gasteiger partial charge in [-0.2, -0.15) is 0 Å². The van der Waals surface area contributed by atoms with Crippen LogP contribution in [-0.2, 0) is 16.1 Å². The zero-order chi connectivity index (χ0) is 20.8. The molecule has 1 saturated heterocycles. The third kappa shape index (κ3) is 5.45. The fourth-order valence-corrected chi connectivity index (χ4v) is 3.43. The van der Waals surface area contributed by atoms with E-state index in [1.807, 2.05) is 31.3 Å². The lowest BCUT2D eigenvalue weighted by molar-refractivity contribution is -0.135. The van der Waals surface area contributed by atoms with Crippen LogP contribution >= 0.6 is 0 Å². The molecule has 1 N–H and O–H groups in total. The van der Waals surface area contributed by atoms with Crippen molar-refractivity contribution >= 4 is 16.9 Å². The van der Waals surface area contributed by atoms with Crippen molar-refractivity contribution in [1.29, 1.82) is 0 Å². The Bertz CT molecular complexity index is 943. The quantitative estimate of drug-likeness (QED) is 0.444. The second-order valence-corrected chi connectivity index (χ2v) is 7.22. The molecule has 6 heteroatoms. The highest BCUT2D eigenvalue weighted by Crippen LogP contribution is 2.16. The standard InChI is InChI=1S/C23H28N4O2/c1-17(23(28)29-4)13-18(2)25-19(3)27-11-9-26(10-12-27)16-20-14-21-7-5-6-8-22(21)24-15-20/h5-8,13-15,25H,1,3,9-12,16H2,2,4H3/b18-13+. The number of carbonyl (C=O) groups is 1. The number of nitrogens with zero attached hydrogens (tertiary/aromatic N) is 3. The summed E-state index contributed by atoms with van der Waals surface area (Å²) in [5, 5.41) is 4.42. The minimum Gasteiger partial charge on any atom is -0.465 e. The van der Waals surface area contributed by atoms with Crippen LogP contribution in [0, 0.1) is 0 Å². The third-order valence-electron chi connectivity index (χ3n) is 4.99. The number of esters is 1. The first-order valence-electron chi connectivity index (χ1n) is 9.68. The Hall–Kier alpha value is -3.12. The fourth-order valence-electron chi connectivity index (χ4n) is 3.43. The number of benzene rings is 1. The van der Waals surface area contributed by atoms with Gasteiger partial charge in [-0.3, -0.25) is 9.88 Å². The van der Waals surface area contributed by atoms with Gasteiger partial charge in [0.1, 0.15) is 0 Å². The van der Waals surface area contributed by atoms with Crippen molar-refractivity contribution in [2.45, 2.75) is 13.5 Å². The SMILES string of the molecule is C=C(/C=C(\C)NC(=C)N1CCN(Cc2cnc3ccccc3c2)CC1)C(=O)OC. The summed E-state index contributed by atoms with van der Waals surface area (Å²) in [6, 6.07) is 10.4. The number of rotatable bonds is 7. The first kappa shape index (κ1) is 20.6. The molecule has 0 radical (unpaired) electrons. The predicted molar refractivity (Wildman–Crippen MR) is 116 cm³/mol. The van der Waals surface area contributed by atoms with Gasteiger partial charge in [-0.25, -0.2) is 4.79 Å². The Morgan fingerprint density at radius 2 is 1.97 bits per heavy atom. The van der Waals surface area contributed by atoms with E-state index in [-0.39, 0.29) is 0 Å². The Morgan fingerprint density at radius 1 is 1.24 bits per heavy atom. The zero-order valence-electron chi connectivity index (χ0n) is 17.1. The van der Waals surface area contributed by atoms with Crippen molar-refractivity contribution in [3.8, 4) is 0 Å². The molecular weight excluding hydrogens is 364 g/mol. The number of carbonyl (C=O) groups excluding carboxylic acids is 1. The van der Waals surface area contributed by atoms with Gasteiger partial charge in [0.05, 0.1) is 24.0 Å². The number of para-hydroxylation sites is 1. The Labute approximate surface area is 172 Å². The Balaban J connectivity index is 1.50. The Kier molecular flexibility index (Phi) is 6.67. The van der Waals surface area contributed by atoms with E-state index in [1.54, 1.807) is 6.08 Å². The van der Waals surface area contributed by atoms with E-state index in [9.17, 15) is 4.79 Å². The molecule has 29 heavy (non-hydrogen) atoms. The number of hydrogen-bond acceptors (Lipinski definition) is 6. The second kappa shape index (κ2) is 9.39. The lowest BCUT2D eigenvalue weighted by Gasteiger charge is -2.37. The summed E-state index contributed by atoms with van der Waals surface area (Å²) in [7, 11) is 1.34. The van der Waals surface area contributed by atoms with Gasteiger partial charge in [0.25, 0.3) is 0 Å². The molecule has 152 valence electrons. The average Bonchev–Trinajstić information content (AvgIpc) is 2.73. The van der Waals surface area contributed by atoms with Crippen LogP contribution in [0.1, 0.15) is 12.5 Å². The molecule has 1 aliphatic rings. The van der Waals surface area contributed by atoms with E-state index in [0.29, 0.717) is 5.57 Å². The molecule has 0 atom stereocenters. The molecule has 0 saturated carbocycles. The maximum absolute atomic E-state index is 11.5. The van der Waals surface area contributed by atoms with E-state index >= 15 is 0 Å². The lowest BCUT2D eigenvalue weighted by Crippen LogP contribution is -2.47. The molecule has 1 aromatic heterocycles. The number of ether oxygens (including phenoxy) is 1. The number of methoxy groups -OCH3 is 1.